The zero-order valence-corrected chi connectivity index (χ0v) is 32.8. The van der Waals surface area contributed by atoms with E-state index in [0.717, 1.165) is 71.8 Å². The van der Waals surface area contributed by atoms with Gasteiger partial charge in [-0.2, -0.15) is 0 Å². The molecule has 282 valence electrons. The van der Waals surface area contributed by atoms with Gasteiger partial charge >= 0.3 is 0 Å². The average molecular weight is 776 g/mol. The summed E-state index contributed by atoms with van der Waals surface area (Å²) in [5.74, 6) is 0.891. The molecule has 2 aliphatic rings. The molecule has 0 N–H and O–H groups in total. The number of nitrogens with zero attached hydrogens (tertiary/aromatic N) is 3. The third kappa shape index (κ3) is 4.13. The van der Waals surface area contributed by atoms with Crippen LogP contribution in [0.4, 0.5) is 0 Å². The molecule has 14 rings (SSSR count). The van der Waals surface area contributed by atoms with E-state index < -0.39 is 5.41 Å². The molecule has 0 bridgehead atoms. The monoisotopic (exact) mass is 775 g/mol. The number of aromatic nitrogens is 3. The van der Waals surface area contributed by atoms with E-state index in [4.69, 9.17) is 4.98 Å². The van der Waals surface area contributed by atoms with Crippen LogP contribution >= 0.6 is 0 Å². The van der Waals surface area contributed by atoms with Crippen LogP contribution < -0.4 is 5.56 Å². The molecule has 4 nitrogen and oxygen atoms in total. The van der Waals surface area contributed by atoms with Crippen molar-refractivity contribution in [2.45, 2.75) is 5.41 Å². The first-order chi connectivity index (χ1) is 30.2. The molecule has 0 atom stereocenters. The van der Waals surface area contributed by atoms with Crippen LogP contribution in [0.15, 0.2) is 205 Å². The molecule has 0 aliphatic heterocycles. The van der Waals surface area contributed by atoms with Crippen LogP contribution in [0, 0.1) is 0 Å². The fraction of sp³-hybridized carbons (Fsp3) is 0.0175. The lowest BCUT2D eigenvalue weighted by Crippen LogP contribution is -2.26. The molecule has 9 aromatic carbocycles. The molecule has 1 spiro atoms. The molecule has 4 heteroatoms. The van der Waals surface area contributed by atoms with Crippen molar-refractivity contribution in [2.24, 2.45) is 0 Å². The Kier molecular flexibility index (Phi) is 6.34. The lowest BCUT2D eigenvalue weighted by molar-refractivity contribution is 0.794. The lowest BCUT2D eigenvalue weighted by atomic mass is 9.70. The summed E-state index contributed by atoms with van der Waals surface area (Å²) in [7, 11) is 0. The second-order valence-electron chi connectivity index (χ2n) is 16.6. The van der Waals surface area contributed by atoms with Crippen LogP contribution in [-0.2, 0) is 5.41 Å². The van der Waals surface area contributed by atoms with Crippen molar-refractivity contribution in [3.05, 3.63) is 233 Å². The molecular weight excluding hydrogens is 743 g/mol. The van der Waals surface area contributed by atoms with E-state index in [2.05, 4.69) is 174 Å². The highest BCUT2D eigenvalue weighted by Gasteiger charge is 2.51. The van der Waals surface area contributed by atoms with Gasteiger partial charge in [-0.25, -0.2) is 4.98 Å². The molecule has 0 saturated heterocycles. The van der Waals surface area contributed by atoms with Crippen molar-refractivity contribution in [2.75, 3.05) is 0 Å². The Morgan fingerprint density at radius 1 is 0.393 bits per heavy atom. The quantitative estimate of drug-likeness (QED) is 0.168. The summed E-state index contributed by atoms with van der Waals surface area (Å²) in [6.45, 7) is 0. The number of fused-ring (bicyclic) bond motifs is 16. The topological polar surface area (TPSA) is 39.3 Å². The maximum Gasteiger partial charge on any atom is 0.263 e. The van der Waals surface area contributed by atoms with E-state index >= 15 is 0 Å². The van der Waals surface area contributed by atoms with Gasteiger partial charge in [0.25, 0.3) is 5.56 Å². The molecule has 0 radical (unpaired) electrons. The van der Waals surface area contributed by atoms with Crippen molar-refractivity contribution in [3.63, 3.8) is 0 Å². The summed E-state index contributed by atoms with van der Waals surface area (Å²) in [6, 6.07) is 71.7. The molecule has 61 heavy (non-hydrogen) atoms. The van der Waals surface area contributed by atoms with Gasteiger partial charge in [0.2, 0.25) is 0 Å². The van der Waals surface area contributed by atoms with Crippen LogP contribution in [0.3, 0.4) is 0 Å². The van der Waals surface area contributed by atoms with Crippen LogP contribution in [-0.4, -0.2) is 14.0 Å². The Labute approximate surface area is 350 Å². The summed E-state index contributed by atoms with van der Waals surface area (Å²) in [5, 5.41) is 4.89. The summed E-state index contributed by atoms with van der Waals surface area (Å²) >= 11 is 0. The average Bonchev–Trinajstić information content (AvgIpc) is 4.04. The minimum absolute atomic E-state index is 0.00870. The second kappa shape index (κ2) is 11.8. The molecule has 2 aliphatic carbocycles. The zero-order chi connectivity index (χ0) is 40.0. The van der Waals surface area contributed by atoms with Gasteiger partial charge in [-0.05, 0) is 122 Å². The van der Waals surface area contributed by atoms with Gasteiger partial charge < -0.3 is 0 Å². The molecule has 3 aromatic heterocycles. The second-order valence-corrected chi connectivity index (χ2v) is 16.6. The van der Waals surface area contributed by atoms with Crippen molar-refractivity contribution >= 4 is 49.0 Å². The minimum Gasteiger partial charge on any atom is -0.292 e. The van der Waals surface area contributed by atoms with Gasteiger partial charge in [-0.3, -0.25) is 13.8 Å². The van der Waals surface area contributed by atoms with E-state index in [0.29, 0.717) is 5.39 Å². The highest BCUT2D eigenvalue weighted by molar-refractivity contribution is 6.22. The van der Waals surface area contributed by atoms with Gasteiger partial charge in [-0.15, -0.1) is 0 Å². The highest BCUT2D eigenvalue weighted by Crippen LogP contribution is 2.63. The largest absolute Gasteiger partial charge is 0.292 e. The summed E-state index contributed by atoms with van der Waals surface area (Å²) < 4.78 is 4.26. The predicted octanol–water partition coefficient (Wildman–Crippen LogP) is 13.2. The first kappa shape index (κ1) is 32.8. The van der Waals surface area contributed by atoms with E-state index in [9.17, 15) is 4.79 Å². The van der Waals surface area contributed by atoms with Crippen LogP contribution in [0.25, 0.3) is 99.5 Å². The highest BCUT2D eigenvalue weighted by atomic mass is 16.1. The van der Waals surface area contributed by atoms with Crippen molar-refractivity contribution < 1.29 is 0 Å². The van der Waals surface area contributed by atoms with Gasteiger partial charge in [0.05, 0.1) is 27.5 Å². The Balaban J connectivity index is 1.07. The lowest BCUT2D eigenvalue weighted by Gasteiger charge is -2.30. The fourth-order valence-electron chi connectivity index (χ4n) is 11.2. The van der Waals surface area contributed by atoms with Crippen LogP contribution in [0.5, 0.6) is 0 Å². The normalized spacial score (nSPS) is 13.4. The number of benzene rings is 9. The number of para-hydroxylation sites is 3. The maximum absolute atomic E-state index is 14.9. The van der Waals surface area contributed by atoms with Crippen molar-refractivity contribution in [3.8, 4) is 50.5 Å². The van der Waals surface area contributed by atoms with E-state index in [1.165, 1.54) is 44.5 Å². The Hall–Kier alpha value is -8.08. The molecule has 12 aromatic rings. The molecule has 0 saturated carbocycles. The summed E-state index contributed by atoms with van der Waals surface area (Å²) in [5.41, 5.74) is 17.7. The number of hydrogen-bond donors (Lipinski definition) is 0. The third-order valence-electron chi connectivity index (χ3n) is 13.7. The summed E-state index contributed by atoms with van der Waals surface area (Å²) in [4.78, 5) is 20.1. The molecule has 0 unspecified atom stereocenters. The standard InChI is InChI=1S/C57H33N3O/c61-56-42-23-5-4-19-38(42)45-30-36(34-15-14-16-35(29-34)55-58-51-27-12-13-28-52(51)59(55)37-17-2-1-3-18-37)31-46-44-32-43-41-22-8-11-26-49(41)57(50(43)33-53(44)60(56)54(45)46)47-24-9-6-20-39(47)40-21-7-10-25-48(40)57/h1-33H. The SMILES string of the molecule is O=c1c2ccccc2c2cc(-c3cccc(-c4nc5ccccc5n4-c4ccccc4)c3)cc3c4cc5c(cc4n1c23)C1(c2ccccc2-c2ccccc21)c1ccccc1-5. The molecule has 0 fully saturated rings. The summed E-state index contributed by atoms with van der Waals surface area (Å²) in [6.07, 6.45) is 0. The van der Waals surface area contributed by atoms with E-state index in [1.807, 2.05) is 34.7 Å². The molecule has 3 heterocycles. The van der Waals surface area contributed by atoms with Crippen LogP contribution in [0.1, 0.15) is 22.3 Å². The third-order valence-corrected chi connectivity index (χ3v) is 13.7. The van der Waals surface area contributed by atoms with E-state index in [1.54, 1.807) is 0 Å². The fourth-order valence-corrected chi connectivity index (χ4v) is 11.2. The molecule has 0 amide bonds. The van der Waals surface area contributed by atoms with Crippen molar-refractivity contribution in [1.82, 2.24) is 14.0 Å². The maximum atomic E-state index is 14.9. The number of pyridine rings is 1. The van der Waals surface area contributed by atoms with E-state index in [-0.39, 0.29) is 5.56 Å². The smallest absolute Gasteiger partial charge is 0.263 e. The van der Waals surface area contributed by atoms with Gasteiger partial charge in [0.1, 0.15) is 5.82 Å². The Morgan fingerprint density at radius 3 is 1.72 bits per heavy atom. The van der Waals surface area contributed by atoms with Gasteiger partial charge in [0, 0.05) is 32.8 Å². The first-order valence-electron chi connectivity index (χ1n) is 20.9. The van der Waals surface area contributed by atoms with Gasteiger partial charge in [0.15, 0.2) is 0 Å². The Bertz CT molecular complexity index is 3860. The predicted molar refractivity (Wildman–Crippen MR) is 249 cm³/mol. The number of rotatable bonds is 3. The number of imidazole rings is 1. The Morgan fingerprint density at radius 2 is 0.984 bits per heavy atom. The van der Waals surface area contributed by atoms with Crippen LogP contribution in [0.2, 0.25) is 0 Å². The van der Waals surface area contributed by atoms with Gasteiger partial charge in [-0.1, -0.05) is 140 Å². The van der Waals surface area contributed by atoms with Crippen molar-refractivity contribution in [1.29, 1.82) is 0 Å². The molecular formula is C57H33N3O. The minimum atomic E-state index is -0.510. The number of hydrogen-bond acceptors (Lipinski definition) is 2. The first-order valence-corrected chi connectivity index (χ1v) is 20.9. The zero-order valence-electron chi connectivity index (χ0n) is 32.8.